The van der Waals surface area contributed by atoms with E-state index < -0.39 is 5.91 Å². The van der Waals surface area contributed by atoms with E-state index in [1.807, 2.05) is 26.0 Å². The van der Waals surface area contributed by atoms with Crippen molar-refractivity contribution in [3.8, 4) is 0 Å². The Hall–Kier alpha value is -2.61. The van der Waals surface area contributed by atoms with E-state index in [-0.39, 0.29) is 5.69 Å². The highest BCUT2D eigenvalue weighted by Gasteiger charge is 2.18. The van der Waals surface area contributed by atoms with Gasteiger partial charge >= 0.3 is 0 Å². The van der Waals surface area contributed by atoms with Gasteiger partial charge in [0.1, 0.15) is 5.82 Å². The number of primary amides is 1. The fourth-order valence-electron chi connectivity index (χ4n) is 2.72. The van der Waals surface area contributed by atoms with Crippen LogP contribution in [0.4, 0.5) is 11.5 Å². The highest BCUT2D eigenvalue weighted by molar-refractivity contribution is 7.99. The predicted octanol–water partition coefficient (Wildman–Crippen LogP) is 3.11. The van der Waals surface area contributed by atoms with Crippen molar-refractivity contribution in [2.75, 3.05) is 11.1 Å². The topological polar surface area (TPSA) is 98.7 Å². The van der Waals surface area contributed by atoms with Crippen molar-refractivity contribution < 1.29 is 4.79 Å². The van der Waals surface area contributed by atoms with Crippen molar-refractivity contribution in [2.45, 2.75) is 32.2 Å². The highest BCUT2D eigenvalue weighted by atomic mass is 32.2. The first-order valence-electron chi connectivity index (χ1n) is 8.07. The summed E-state index contributed by atoms with van der Waals surface area (Å²) in [6.07, 6.45) is 1.70. The van der Waals surface area contributed by atoms with Gasteiger partial charge in [-0.1, -0.05) is 6.92 Å². The minimum atomic E-state index is -0.620. The van der Waals surface area contributed by atoms with Crippen molar-refractivity contribution in [3.05, 3.63) is 35.7 Å². The van der Waals surface area contributed by atoms with Crippen molar-refractivity contribution in [3.63, 3.8) is 0 Å². The number of hydrogen-bond acceptors (Lipinski definition) is 6. The van der Waals surface area contributed by atoms with Crippen LogP contribution in [0.3, 0.4) is 0 Å². The maximum absolute atomic E-state index is 11.9. The number of benzene rings is 1. The minimum Gasteiger partial charge on any atom is -0.364 e. The molecule has 2 aromatic heterocycles. The van der Waals surface area contributed by atoms with E-state index in [0.717, 1.165) is 32.9 Å². The van der Waals surface area contributed by atoms with E-state index in [4.69, 9.17) is 5.73 Å². The SMILES string of the molecule is CCSc1cc(C)c2nnc(C(N)=O)c(Nc3ccnn3CC)c2c1. The normalized spacial score (nSPS) is 11.0. The number of carbonyl (C=O) groups is 1. The molecule has 0 spiro atoms. The summed E-state index contributed by atoms with van der Waals surface area (Å²) in [5.74, 6) is 1.11. The number of amides is 1. The first-order valence-corrected chi connectivity index (χ1v) is 9.06. The van der Waals surface area contributed by atoms with E-state index in [2.05, 4.69) is 33.6 Å². The fourth-order valence-corrected chi connectivity index (χ4v) is 3.51. The van der Waals surface area contributed by atoms with E-state index in [9.17, 15) is 4.79 Å². The zero-order chi connectivity index (χ0) is 18.0. The Morgan fingerprint density at radius 1 is 1.32 bits per heavy atom. The van der Waals surface area contributed by atoms with E-state index in [1.54, 1.807) is 22.6 Å². The number of nitrogens with two attached hydrogens (primary N) is 1. The summed E-state index contributed by atoms with van der Waals surface area (Å²) in [5, 5.41) is 16.6. The fraction of sp³-hybridized carbons (Fsp3) is 0.294. The molecule has 130 valence electrons. The Labute approximate surface area is 150 Å². The third-order valence-electron chi connectivity index (χ3n) is 3.84. The lowest BCUT2D eigenvalue weighted by Gasteiger charge is -2.14. The first kappa shape index (κ1) is 17.2. The molecule has 25 heavy (non-hydrogen) atoms. The van der Waals surface area contributed by atoms with Crippen LogP contribution in [0.25, 0.3) is 10.9 Å². The van der Waals surface area contributed by atoms with Gasteiger partial charge in [-0.25, -0.2) is 4.68 Å². The number of aromatic nitrogens is 4. The molecule has 0 radical (unpaired) electrons. The zero-order valence-electron chi connectivity index (χ0n) is 14.4. The lowest BCUT2D eigenvalue weighted by molar-refractivity contribution is 0.0995. The number of rotatable bonds is 6. The summed E-state index contributed by atoms with van der Waals surface area (Å²) in [6, 6.07) is 5.94. The van der Waals surface area contributed by atoms with Crippen LogP contribution in [0.15, 0.2) is 29.3 Å². The molecule has 0 aliphatic rings. The summed E-state index contributed by atoms with van der Waals surface area (Å²) in [6.45, 7) is 6.79. The Balaban J connectivity index is 2.24. The number of fused-ring (bicyclic) bond motifs is 1. The van der Waals surface area contributed by atoms with Gasteiger partial charge in [0.15, 0.2) is 5.69 Å². The average molecular weight is 356 g/mol. The van der Waals surface area contributed by atoms with Crippen molar-refractivity contribution >= 4 is 40.1 Å². The second kappa shape index (κ2) is 7.10. The molecule has 7 nitrogen and oxygen atoms in total. The molecular weight excluding hydrogens is 336 g/mol. The van der Waals surface area contributed by atoms with E-state index >= 15 is 0 Å². The van der Waals surface area contributed by atoms with Gasteiger partial charge in [0, 0.05) is 22.9 Å². The van der Waals surface area contributed by atoms with Crippen molar-refractivity contribution in [1.82, 2.24) is 20.0 Å². The quantitative estimate of drug-likeness (QED) is 0.659. The number of thioether (sulfide) groups is 1. The van der Waals surface area contributed by atoms with Crippen LogP contribution in [-0.2, 0) is 6.54 Å². The summed E-state index contributed by atoms with van der Waals surface area (Å²) in [4.78, 5) is 13.0. The molecule has 0 saturated carbocycles. The van der Waals surface area contributed by atoms with Gasteiger partial charge in [0.25, 0.3) is 5.91 Å². The second-order valence-corrected chi connectivity index (χ2v) is 6.85. The molecule has 0 fully saturated rings. The van der Waals surface area contributed by atoms with Gasteiger partial charge in [-0.3, -0.25) is 4.79 Å². The molecule has 0 atom stereocenters. The standard InChI is InChI=1S/C17H20N6OS/c1-4-23-13(6-7-19-23)20-15-12-9-11(25-5-2)8-10(3)14(12)21-22-16(15)17(18)24/h6-9H,4-5H2,1-3H3,(H2,18,24)(H,20,21). The lowest BCUT2D eigenvalue weighted by Crippen LogP contribution is -2.17. The van der Waals surface area contributed by atoms with Crippen molar-refractivity contribution in [1.29, 1.82) is 0 Å². The molecule has 0 bridgehead atoms. The smallest absolute Gasteiger partial charge is 0.271 e. The number of carbonyl (C=O) groups excluding carboxylic acids is 1. The molecule has 3 N–H and O–H groups in total. The largest absolute Gasteiger partial charge is 0.364 e. The van der Waals surface area contributed by atoms with Crippen LogP contribution < -0.4 is 11.1 Å². The number of hydrogen-bond donors (Lipinski definition) is 2. The van der Waals surface area contributed by atoms with E-state index in [0.29, 0.717) is 12.2 Å². The Kier molecular flexibility index (Phi) is 4.89. The molecule has 0 aliphatic carbocycles. The van der Waals surface area contributed by atoms with Crippen LogP contribution in [0, 0.1) is 6.92 Å². The van der Waals surface area contributed by atoms with Crippen LogP contribution in [0.1, 0.15) is 29.9 Å². The average Bonchev–Trinajstić information content (AvgIpc) is 3.02. The summed E-state index contributed by atoms with van der Waals surface area (Å²) >= 11 is 1.73. The molecule has 8 heteroatoms. The van der Waals surface area contributed by atoms with Gasteiger partial charge in [0.2, 0.25) is 0 Å². The number of nitrogens with one attached hydrogen (secondary N) is 1. The third kappa shape index (κ3) is 3.30. The summed E-state index contributed by atoms with van der Waals surface area (Å²) in [5.41, 5.74) is 7.96. The van der Waals surface area contributed by atoms with Gasteiger partial charge in [-0.15, -0.1) is 22.0 Å². The molecule has 0 saturated heterocycles. The summed E-state index contributed by atoms with van der Waals surface area (Å²) < 4.78 is 1.80. The van der Waals surface area contributed by atoms with Crippen molar-refractivity contribution in [2.24, 2.45) is 5.73 Å². The first-order chi connectivity index (χ1) is 12.0. The Morgan fingerprint density at radius 3 is 2.80 bits per heavy atom. The molecule has 0 unspecified atom stereocenters. The van der Waals surface area contributed by atoms with Crippen LogP contribution in [0.2, 0.25) is 0 Å². The molecule has 3 rings (SSSR count). The van der Waals surface area contributed by atoms with Gasteiger partial charge in [0.05, 0.1) is 17.4 Å². The van der Waals surface area contributed by atoms with E-state index in [1.165, 1.54) is 0 Å². The van der Waals surface area contributed by atoms with Crippen LogP contribution in [0.5, 0.6) is 0 Å². The minimum absolute atomic E-state index is 0.120. The monoisotopic (exact) mass is 356 g/mol. The number of aryl methyl sites for hydroxylation is 2. The maximum atomic E-state index is 11.9. The molecule has 0 aliphatic heterocycles. The molecular formula is C17H20N6OS. The molecule has 2 heterocycles. The van der Waals surface area contributed by atoms with Gasteiger partial charge in [-0.2, -0.15) is 5.10 Å². The van der Waals surface area contributed by atoms with Crippen LogP contribution >= 0.6 is 11.8 Å². The molecule has 3 aromatic rings. The predicted molar refractivity (Wildman–Crippen MR) is 100 cm³/mol. The molecule has 1 amide bonds. The highest BCUT2D eigenvalue weighted by Crippen LogP contribution is 2.33. The zero-order valence-corrected chi connectivity index (χ0v) is 15.2. The van der Waals surface area contributed by atoms with Gasteiger partial charge in [-0.05, 0) is 37.3 Å². The Morgan fingerprint density at radius 2 is 2.12 bits per heavy atom. The number of anilines is 2. The lowest BCUT2D eigenvalue weighted by atomic mass is 10.1. The second-order valence-electron chi connectivity index (χ2n) is 5.51. The summed E-state index contributed by atoms with van der Waals surface area (Å²) in [7, 11) is 0. The Bertz CT molecular complexity index is 936. The maximum Gasteiger partial charge on any atom is 0.271 e. The van der Waals surface area contributed by atoms with Gasteiger partial charge < -0.3 is 11.1 Å². The third-order valence-corrected chi connectivity index (χ3v) is 4.70. The molecule has 1 aromatic carbocycles. The number of nitrogens with zero attached hydrogens (tertiary/aromatic N) is 4. The van der Waals surface area contributed by atoms with Crippen LogP contribution in [-0.4, -0.2) is 31.6 Å².